The first-order chi connectivity index (χ1) is 22.8. The maximum Gasteiger partial charge on any atom is 0.453 e. The zero-order valence-corrected chi connectivity index (χ0v) is 25.7. The summed E-state index contributed by atoms with van der Waals surface area (Å²) in [6.07, 6.45) is -13.5. The summed E-state index contributed by atoms with van der Waals surface area (Å²) < 4.78 is 135. The SMILES string of the molecule is CN(C(=O)N(C)[C@@H]1CN(C(=O)C2CCC(n3nnnc3C(F)(F)F)CC2)C[C@H]1c1ccc(F)cn1)c1cc(C(F)(F)F)cc(C(F)(F)F)c1. The normalized spacial score (nSPS) is 21.9. The Labute approximate surface area is 271 Å². The first kappa shape index (κ1) is 35.8. The highest BCUT2D eigenvalue weighted by atomic mass is 19.4. The third-order valence-corrected chi connectivity index (χ3v) is 8.91. The second-order valence-corrected chi connectivity index (χ2v) is 12.0. The minimum Gasteiger partial charge on any atom is -0.340 e. The van der Waals surface area contributed by atoms with Gasteiger partial charge in [-0.05, 0) is 66.4 Å². The lowest BCUT2D eigenvalue weighted by molar-refractivity contribution is -0.149. The van der Waals surface area contributed by atoms with Crippen molar-refractivity contribution in [2.24, 2.45) is 5.92 Å². The number of alkyl halides is 9. The van der Waals surface area contributed by atoms with Gasteiger partial charge in [0.05, 0.1) is 29.4 Å². The van der Waals surface area contributed by atoms with E-state index in [1.54, 1.807) is 0 Å². The van der Waals surface area contributed by atoms with E-state index < -0.39 is 76.9 Å². The fourth-order valence-corrected chi connectivity index (χ4v) is 6.33. The zero-order valence-electron chi connectivity index (χ0n) is 25.7. The number of amides is 3. The average Bonchev–Trinajstić information content (AvgIpc) is 3.72. The first-order valence-electron chi connectivity index (χ1n) is 14.8. The van der Waals surface area contributed by atoms with Crippen molar-refractivity contribution >= 4 is 17.6 Å². The van der Waals surface area contributed by atoms with Crippen molar-refractivity contribution in [3.63, 3.8) is 0 Å². The van der Waals surface area contributed by atoms with Crippen molar-refractivity contribution < 1.29 is 53.5 Å². The Morgan fingerprint density at radius 1 is 0.837 bits per heavy atom. The van der Waals surface area contributed by atoms with Crippen LogP contribution in [0.2, 0.25) is 0 Å². The molecule has 266 valence electrons. The quantitative estimate of drug-likeness (QED) is 0.294. The first-order valence-corrected chi connectivity index (χ1v) is 14.8. The summed E-state index contributed by atoms with van der Waals surface area (Å²) in [5.74, 6) is -3.66. The summed E-state index contributed by atoms with van der Waals surface area (Å²) in [5, 5.41) is 9.66. The Bertz CT molecular complexity index is 1630. The molecular formula is C29H28F10N8O2. The number of carbonyl (C=O) groups is 2. The van der Waals surface area contributed by atoms with Crippen LogP contribution in [0.4, 0.5) is 54.4 Å². The van der Waals surface area contributed by atoms with Crippen molar-refractivity contribution in [1.82, 2.24) is 35.0 Å². The molecule has 49 heavy (non-hydrogen) atoms. The number of likely N-dealkylation sites (tertiary alicyclic amines) is 1. The number of nitrogens with zero attached hydrogens (tertiary/aromatic N) is 8. The van der Waals surface area contributed by atoms with Crippen LogP contribution >= 0.6 is 0 Å². The number of aromatic nitrogens is 5. The number of rotatable bonds is 5. The fraction of sp³-hybridized carbons (Fsp3) is 0.517. The highest BCUT2D eigenvalue weighted by Crippen LogP contribution is 2.40. The molecule has 3 amide bonds. The molecule has 1 saturated carbocycles. The van der Waals surface area contributed by atoms with Crippen LogP contribution < -0.4 is 4.90 Å². The van der Waals surface area contributed by atoms with E-state index >= 15 is 0 Å². The number of carbonyl (C=O) groups excluding carboxylic acids is 2. The predicted molar refractivity (Wildman–Crippen MR) is 149 cm³/mol. The Morgan fingerprint density at radius 3 is 1.98 bits per heavy atom. The smallest absolute Gasteiger partial charge is 0.340 e. The molecule has 2 fully saturated rings. The minimum atomic E-state index is -5.15. The molecule has 2 aliphatic rings. The van der Waals surface area contributed by atoms with Gasteiger partial charge >= 0.3 is 24.6 Å². The molecule has 0 N–H and O–H groups in total. The molecule has 1 aliphatic heterocycles. The van der Waals surface area contributed by atoms with Crippen molar-refractivity contribution in [2.75, 3.05) is 32.1 Å². The topological polar surface area (TPSA) is 100 Å². The summed E-state index contributed by atoms with van der Waals surface area (Å²) >= 11 is 0. The number of halogens is 10. The Balaban J connectivity index is 1.36. The van der Waals surface area contributed by atoms with Crippen LogP contribution in [0.15, 0.2) is 36.5 Å². The maximum atomic E-state index is 13.7. The van der Waals surface area contributed by atoms with Gasteiger partial charge in [0.1, 0.15) is 5.82 Å². The molecule has 2 aromatic heterocycles. The number of pyridine rings is 1. The highest BCUT2D eigenvalue weighted by Gasteiger charge is 2.45. The molecule has 1 saturated heterocycles. The van der Waals surface area contributed by atoms with Crippen molar-refractivity contribution in [3.8, 4) is 0 Å². The lowest BCUT2D eigenvalue weighted by Gasteiger charge is -2.33. The molecule has 10 nitrogen and oxygen atoms in total. The molecule has 1 aliphatic carbocycles. The Hall–Kier alpha value is -4.52. The van der Waals surface area contributed by atoms with E-state index in [1.165, 1.54) is 18.0 Å². The number of tetrazole rings is 1. The van der Waals surface area contributed by atoms with Crippen LogP contribution in [0.25, 0.3) is 0 Å². The summed E-state index contributed by atoms with van der Waals surface area (Å²) in [4.78, 5) is 34.5. The van der Waals surface area contributed by atoms with E-state index in [2.05, 4.69) is 20.5 Å². The molecule has 0 spiro atoms. The summed E-state index contributed by atoms with van der Waals surface area (Å²) in [6.45, 7) is -0.156. The van der Waals surface area contributed by atoms with Crippen LogP contribution in [0.1, 0.15) is 60.3 Å². The van der Waals surface area contributed by atoms with Gasteiger partial charge in [0.25, 0.3) is 5.82 Å². The van der Waals surface area contributed by atoms with E-state index in [0.29, 0.717) is 21.7 Å². The van der Waals surface area contributed by atoms with Crippen LogP contribution in [-0.2, 0) is 23.3 Å². The van der Waals surface area contributed by atoms with Gasteiger partial charge < -0.3 is 9.80 Å². The van der Waals surface area contributed by atoms with E-state index in [0.717, 1.165) is 24.2 Å². The zero-order chi connectivity index (χ0) is 36.1. The predicted octanol–water partition coefficient (Wildman–Crippen LogP) is 6.18. The largest absolute Gasteiger partial charge is 0.453 e. The molecule has 3 heterocycles. The van der Waals surface area contributed by atoms with Crippen LogP contribution in [0, 0.1) is 11.7 Å². The number of likely N-dealkylation sites (N-methyl/N-ethyl adjacent to an activating group) is 1. The monoisotopic (exact) mass is 710 g/mol. The maximum absolute atomic E-state index is 13.7. The lowest BCUT2D eigenvalue weighted by atomic mass is 9.85. The molecular weight excluding hydrogens is 682 g/mol. The van der Waals surface area contributed by atoms with Crippen molar-refractivity contribution in [1.29, 1.82) is 0 Å². The van der Waals surface area contributed by atoms with Gasteiger partial charge in [-0.1, -0.05) is 0 Å². The van der Waals surface area contributed by atoms with Crippen LogP contribution in [0.3, 0.4) is 0 Å². The van der Waals surface area contributed by atoms with E-state index in [1.807, 2.05) is 0 Å². The molecule has 1 aromatic carbocycles. The van der Waals surface area contributed by atoms with E-state index in [4.69, 9.17) is 0 Å². The van der Waals surface area contributed by atoms with Gasteiger partial charge in [0.15, 0.2) is 0 Å². The van der Waals surface area contributed by atoms with Crippen LogP contribution in [-0.4, -0.2) is 80.2 Å². The molecule has 5 rings (SSSR count). The lowest BCUT2D eigenvalue weighted by Crippen LogP contribution is -2.48. The second kappa shape index (κ2) is 13.1. The number of hydrogen-bond acceptors (Lipinski definition) is 6. The number of urea groups is 1. The van der Waals surface area contributed by atoms with Gasteiger partial charge in [-0.25, -0.2) is 13.9 Å². The standard InChI is InChI=1S/C29H28F10N8O2/c1-44(20-10-16(27(31,32)33)9-17(11-20)28(34,35)36)26(49)45(2)23-14-46(13-21(23)22-8-5-18(30)12-40-22)24(48)15-3-6-19(7-4-15)47-25(29(37,38)39)41-42-43-47/h5,8-12,15,19,21,23H,3-4,6-7,13-14H2,1-2H3/t15?,19?,21-,23+/m0/s1. The van der Waals surface area contributed by atoms with E-state index in [9.17, 15) is 53.5 Å². The third kappa shape index (κ3) is 7.56. The van der Waals surface area contributed by atoms with Crippen molar-refractivity contribution in [2.45, 2.75) is 62.2 Å². The number of anilines is 1. The highest BCUT2D eigenvalue weighted by molar-refractivity contribution is 5.92. The molecule has 2 atom stereocenters. The molecule has 20 heteroatoms. The Kier molecular flexibility index (Phi) is 9.54. The van der Waals surface area contributed by atoms with Gasteiger partial charge in [0, 0.05) is 50.4 Å². The number of hydrogen-bond donors (Lipinski definition) is 0. The Morgan fingerprint density at radius 2 is 1.45 bits per heavy atom. The summed E-state index contributed by atoms with van der Waals surface area (Å²) in [6, 6.07) is 0.592. The number of benzene rings is 1. The second-order valence-electron chi connectivity index (χ2n) is 12.0. The summed E-state index contributed by atoms with van der Waals surface area (Å²) in [7, 11) is 2.27. The van der Waals surface area contributed by atoms with Gasteiger partial charge in [-0.15, -0.1) is 5.10 Å². The van der Waals surface area contributed by atoms with Gasteiger partial charge in [0.2, 0.25) is 5.91 Å². The van der Waals surface area contributed by atoms with Gasteiger partial charge in [-0.3, -0.25) is 14.7 Å². The van der Waals surface area contributed by atoms with Gasteiger partial charge in [-0.2, -0.15) is 39.5 Å². The average molecular weight is 711 g/mol. The van der Waals surface area contributed by atoms with Crippen LogP contribution in [0.5, 0.6) is 0 Å². The molecule has 0 unspecified atom stereocenters. The molecule has 0 radical (unpaired) electrons. The molecule has 3 aromatic rings. The van der Waals surface area contributed by atoms with Crippen molar-refractivity contribution in [3.05, 3.63) is 65.0 Å². The minimum absolute atomic E-state index is 0.0314. The molecule has 0 bridgehead atoms. The van der Waals surface area contributed by atoms with E-state index in [-0.39, 0.29) is 56.4 Å². The summed E-state index contributed by atoms with van der Waals surface area (Å²) in [5.41, 5.74) is -3.65. The fourth-order valence-electron chi connectivity index (χ4n) is 6.33. The third-order valence-electron chi connectivity index (χ3n) is 8.91.